The van der Waals surface area contributed by atoms with Crippen molar-refractivity contribution in [1.29, 1.82) is 0 Å². The van der Waals surface area contributed by atoms with E-state index < -0.39 is 0 Å². The minimum absolute atomic E-state index is 0.117. The lowest BCUT2D eigenvalue weighted by Gasteiger charge is -2.20. The standard InChI is InChI=1S/C12H14O3/c1-12(7-11(13)15-8-12)9-3-5-10(14-2)6-4-9/h3-6H,7-8H2,1-2H3. The lowest BCUT2D eigenvalue weighted by molar-refractivity contribution is -0.137. The van der Waals surface area contributed by atoms with Crippen LogP contribution in [0, 0.1) is 0 Å². The van der Waals surface area contributed by atoms with Crippen molar-refractivity contribution in [3.63, 3.8) is 0 Å². The van der Waals surface area contributed by atoms with E-state index >= 15 is 0 Å². The molecule has 80 valence electrons. The highest BCUT2D eigenvalue weighted by atomic mass is 16.5. The molecule has 1 aliphatic heterocycles. The number of carbonyl (C=O) groups excluding carboxylic acids is 1. The van der Waals surface area contributed by atoms with Crippen LogP contribution in [0.4, 0.5) is 0 Å². The Kier molecular flexibility index (Phi) is 2.39. The zero-order valence-electron chi connectivity index (χ0n) is 8.95. The first-order valence-electron chi connectivity index (χ1n) is 4.94. The average molecular weight is 206 g/mol. The van der Waals surface area contributed by atoms with E-state index in [-0.39, 0.29) is 11.4 Å². The van der Waals surface area contributed by atoms with E-state index in [0.29, 0.717) is 13.0 Å². The molecule has 0 N–H and O–H groups in total. The highest BCUT2D eigenvalue weighted by Crippen LogP contribution is 2.33. The van der Waals surface area contributed by atoms with Crippen molar-refractivity contribution in [3.05, 3.63) is 29.8 Å². The average Bonchev–Trinajstić information content (AvgIpc) is 2.60. The number of methoxy groups -OCH3 is 1. The topological polar surface area (TPSA) is 35.5 Å². The van der Waals surface area contributed by atoms with E-state index in [2.05, 4.69) is 0 Å². The van der Waals surface area contributed by atoms with Gasteiger partial charge in [-0.3, -0.25) is 4.79 Å². The van der Waals surface area contributed by atoms with Crippen LogP contribution in [-0.4, -0.2) is 19.7 Å². The lowest BCUT2D eigenvalue weighted by Crippen LogP contribution is -2.21. The molecule has 0 spiro atoms. The molecule has 1 atom stereocenters. The zero-order chi connectivity index (χ0) is 10.9. The predicted octanol–water partition coefficient (Wildman–Crippen LogP) is 1.90. The van der Waals surface area contributed by atoms with Gasteiger partial charge in [-0.25, -0.2) is 0 Å². The number of hydrogen-bond acceptors (Lipinski definition) is 3. The molecule has 1 unspecified atom stereocenters. The summed E-state index contributed by atoms with van der Waals surface area (Å²) in [5.41, 5.74) is 0.942. The summed E-state index contributed by atoms with van der Waals surface area (Å²) >= 11 is 0. The minimum atomic E-state index is -0.177. The van der Waals surface area contributed by atoms with E-state index in [1.54, 1.807) is 7.11 Å². The smallest absolute Gasteiger partial charge is 0.306 e. The number of rotatable bonds is 2. The molecule has 1 aliphatic rings. The van der Waals surface area contributed by atoms with Crippen molar-refractivity contribution < 1.29 is 14.3 Å². The van der Waals surface area contributed by atoms with Crippen LogP contribution in [0.2, 0.25) is 0 Å². The molecule has 0 bridgehead atoms. The summed E-state index contributed by atoms with van der Waals surface area (Å²) in [5, 5.41) is 0. The largest absolute Gasteiger partial charge is 0.497 e. The maximum absolute atomic E-state index is 11.1. The van der Waals surface area contributed by atoms with Crippen LogP contribution >= 0.6 is 0 Å². The fourth-order valence-electron chi connectivity index (χ4n) is 1.84. The molecule has 15 heavy (non-hydrogen) atoms. The van der Waals surface area contributed by atoms with Crippen molar-refractivity contribution in [2.45, 2.75) is 18.8 Å². The normalized spacial score (nSPS) is 25.1. The Labute approximate surface area is 89.0 Å². The van der Waals surface area contributed by atoms with E-state index in [9.17, 15) is 4.79 Å². The highest BCUT2D eigenvalue weighted by molar-refractivity contribution is 5.74. The SMILES string of the molecule is COc1ccc(C2(C)COC(=O)C2)cc1. The molecule has 3 nitrogen and oxygen atoms in total. The predicted molar refractivity (Wildman–Crippen MR) is 55.9 cm³/mol. The van der Waals surface area contributed by atoms with Crippen LogP contribution in [0.1, 0.15) is 18.9 Å². The summed E-state index contributed by atoms with van der Waals surface area (Å²) in [6.07, 6.45) is 0.458. The minimum Gasteiger partial charge on any atom is -0.497 e. The Balaban J connectivity index is 2.25. The lowest BCUT2D eigenvalue weighted by atomic mass is 9.82. The van der Waals surface area contributed by atoms with Crippen LogP contribution in [0.15, 0.2) is 24.3 Å². The third kappa shape index (κ3) is 1.82. The van der Waals surface area contributed by atoms with Crippen molar-refractivity contribution in [2.24, 2.45) is 0 Å². The molecule has 2 rings (SSSR count). The quantitative estimate of drug-likeness (QED) is 0.693. The van der Waals surface area contributed by atoms with Gasteiger partial charge in [-0.1, -0.05) is 19.1 Å². The van der Waals surface area contributed by atoms with Gasteiger partial charge in [-0.15, -0.1) is 0 Å². The summed E-state index contributed by atoms with van der Waals surface area (Å²) < 4.78 is 10.1. The molecule has 1 saturated heterocycles. The number of esters is 1. The van der Waals surface area contributed by atoms with Gasteiger partial charge in [0.15, 0.2) is 0 Å². The van der Waals surface area contributed by atoms with Gasteiger partial charge in [0.2, 0.25) is 0 Å². The Morgan fingerprint density at radius 2 is 2.00 bits per heavy atom. The fourth-order valence-corrected chi connectivity index (χ4v) is 1.84. The number of benzene rings is 1. The third-order valence-corrected chi connectivity index (χ3v) is 2.87. The molecule has 0 aromatic heterocycles. The van der Waals surface area contributed by atoms with Gasteiger partial charge in [-0.05, 0) is 17.7 Å². The van der Waals surface area contributed by atoms with Gasteiger partial charge in [0.1, 0.15) is 12.4 Å². The van der Waals surface area contributed by atoms with E-state index in [1.807, 2.05) is 31.2 Å². The zero-order valence-corrected chi connectivity index (χ0v) is 8.95. The molecular weight excluding hydrogens is 192 g/mol. The van der Waals surface area contributed by atoms with Crippen molar-refractivity contribution in [1.82, 2.24) is 0 Å². The van der Waals surface area contributed by atoms with Crippen LogP contribution < -0.4 is 4.74 Å². The maximum atomic E-state index is 11.1. The Bertz CT molecular complexity index is 369. The van der Waals surface area contributed by atoms with Gasteiger partial charge in [0, 0.05) is 5.41 Å². The molecule has 1 aromatic carbocycles. The maximum Gasteiger partial charge on any atom is 0.306 e. The monoisotopic (exact) mass is 206 g/mol. The number of carbonyl (C=O) groups is 1. The third-order valence-electron chi connectivity index (χ3n) is 2.87. The molecule has 0 saturated carbocycles. The van der Waals surface area contributed by atoms with Crippen LogP contribution in [-0.2, 0) is 14.9 Å². The summed E-state index contributed by atoms with van der Waals surface area (Å²) in [4.78, 5) is 11.1. The first-order valence-corrected chi connectivity index (χ1v) is 4.94. The van der Waals surface area contributed by atoms with Gasteiger partial charge in [0.05, 0.1) is 13.5 Å². The molecule has 1 heterocycles. The van der Waals surface area contributed by atoms with Crippen molar-refractivity contribution in [3.8, 4) is 5.75 Å². The van der Waals surface area contributed by atoms with Crippen molar-refractivity contribution in [2.75, 3.05) is 13.7 Å². The second-order valence-electron chi connectivity index (χ2n) is 4.13. The van der Waals surface area contributed by atoms with E-state index in [4.69, 9.17) is 9.47 Å². The van der Waals surface area contributed by atoms with Crippen LogP contribution in [0.25, 0.3) is 0 Å². The van der Waals surface area contributed by atoms with Gasteiger partial charge in [0.25, 0.3) is 0 Å². The number of ether oxygens (including phenoxy) is 2. The second kappa shape index (κ2) is 3.57. The fraction of sp³-hybridized carbons (Fsp3) is 0.417. The van der Waals surface area contributed by atoms with Gasteiger partial charge >= 0.3 is 5.97 Å². The molecule has 3 heteroatoms. The number of hydrogen-bond donors (Lipinski definition) is 0. The summed E-state index contributed by atoms with van der Waals surface area (Å²) in [6.45, 7) is 2.51. The summed E-state index contributed by atoms with van der Waals surface area (Å²) in [5.74, 6) is 0.709. The molecule has 1 aromatic rings. The second-order valence-corrected chi connectivity index (χ2v) is 4.13. The van der Waals surface area contributed by atoms with E-state index in [1.165, 1.54) is 0 Å². The summed E-state index contributed by atoms with van der Waals surface area (Å²) in [7, 11) is 1.64. The Morgan fingerprint density at radius 1 is 1.33 bits per heavy atom. The molecule has 0 aliphatic carbocycles. The number of cyclic esters (lactones) is 1. The first-order chi connectivity index (χ1) is 7.14. The van der Waals surface area contributed by atoms with E-state index in [0.717, 1.165) is 11.3 Å². The van der Waals surface area contributed by atoms with Gasteiger partial charge in [-0.2, -0.15) is 0 Å². The van der Waals surface area contributed by atoms with Gasteiger partial charge < -0.3 is 9.47 Å². The Hall–Kier alpha value is -1.51. The van der Waals surface area contributed by atoms with Crippen LogP contribution in [0.5, 0.6) is 5.75 Å². The van der Waals surface area contributed by atoms with Crippen molar-refractivity contribution >= 4 is 5.97 Å². The molecule has 0 amide bonds. The molecular formula is C12H14O3. The van der Waals surface area contributed by atoms with Crippen LogP contribution in [0.3, 0.4) is 0 Å². The molecule has 0 radical (unpaired) electrons. The summed E-state index contributed by atoms with van der Waals surface area (Å²) in [6, 6.07) is 7.79. The Morgan fingerprint density at radius 3 is 2.47 bits per heavy atom. The highest BCUT2D eigenvalue weighted by Gasteiger charge is 2.37. The molecule has 1 fully saturated rings. The first kappa shape index (κ1) is 10.0.